The summed E-state index contributed by atoms with van der Waals surface area (Å²) in [6.07, 6.45) is 4.93. The smallest absolute Gasteiger partial charge is 0.332 e. The zero-order chi connectivity index (χ0) is 9.68. The van der Waals surface area contributed by atoms with Gasteiger partial charge in [0.2, 0.25) is 0 Å². The maximum atomic E-state index is 10.3. The van der Waals surface area contributed by atoms with E-state index >= 15 is 0 Å². The molecule has 0 radical (unpaired) electrons. The molecule has 6 heteroatoms. The van der Waals surface area contributed by atoms with Crippen molar-refractivity contribution in [2.24, 2.45) is 10.8 Å². The highest BCUT2D eigenvalue weighted by molar-refractivity contribution is 5.77. The van der Waals surface area contributed by atoms with Gasteiger partial charge in [-0.2, -0.15) is 5.10 Å². The van der Waals surface area contributed by atoms with Crippen molar-refractivity contribution in [1.29, 1.82) is 0 Å². The molecule has 6 nitrogen and oxygen atoms in total. The molecule has 13 heavy (non-hydrogen) atoms. The Morgan fingerprint density at radius 2 is 2.69 bits per heavy atom. The van der Waals surface area contributed by atoms with Crippen molar-refractivity contribution in [3.63, 3.8) is 0 Å². The molecule has 1 aromatic heterocycles. The van der Waals surface area contributed by atoms with Crippen LogP contribution < -0.4 is 11.2 Å². The third-order valence-corrected chi connectivity index (χ3v) is 1.44. The van der Waals surface area contributed by atoms with E-state index in [9.17, 15) is 4.79 Å². The number of urea groups is 1. The normalized spacial score (nSPS) is 10.5. The van der Waals surface area contributed by atoms with Gasteiger partial charge >= 0.3 is 6.03 Å². The fraction of sp³-hybridized carbons (Fsp3) is 0.286. The van der Waals surface area contributed by atoms with Crippen molar-refractivity contribution < 1.29 is 4.79 Å². The number of nitrogens with zero attached hydrogens (tertiary/aromatic N) is 3. The number of hydrogen-bond donors (Lipinski definition) is 2. The molecule has 0 unspecified atom stereocenters. The molecular formula is C7H11N5O. The second kappa shape index (κ2) is 4.24. The van der Waals surface area contributed by atoms with Gasteiger partial charge in [-0.3, -0.25) is 0 Å². The third kappa shape index (κ3) is 2.58. The molecule has 0 saturated heterocycles. The average Bonchev–Trinajstić information content (AvgIpc) is 2.51. The SMILES string of the molecule is CCn1ccnc1/C=N/NC(N)=O. The van der Waals surface area contributed by atoms with Crippen LogP contribution in [0.15, 0.2) is 17.5 Å². The Morgan fingerprint density at radius 3 is 3.31 bits per heavy atom. The Hall–Kier alpha value is -1.85. The standard InChI is InChI=1S/C7H11N5O/c1-2-12-4-3-9-6(12)5-10-11-7(8)13/h3-5H,2H2,1H3,(H3,8,11,13)/b10-5+. The van der Waals surface area contributed by atoms with Crippen LogP contribution in [-0.4, -0.2) is 21.8 Å². The van der Waals surface area contributed by atoms with Crippen LogP contribution >= 0.6 is 0 Å². The zero-order valence-electron chi connectivity index (χ0n) is 7.27. The average molecular weight is 181 g/mol. The monoisotopic (exact) mass is 181 g/mol. The van der Waals surface area contributed by atoms with E-state index in [2.05, 4.69) is 15.5 Å². The highest BCUT2D eigenvalue weighted by atomic mass is 16.2. The number of carbonyl (C=O) groups is 1. The lowest BCUT2D eigenvalue weighted by Gasteiger charge is -1.97. The Labute approximate surface area is 75.4 Å². The number of amides is 2. The van der Waals surface area contributed by atoms with E-state index in [0.717, 1.165) is 6.54 Å². The Morgan fingerprint density at radius 1 is 1.92 bits per heavy atom. The van der Waals surface area contributed by atoms with Gasteiger partial charge in [0.25, 0.3) is 0 Å². The topological polar surface area (TPSA) is 85.3 Å². The van der Waals surface area contributed by atoms with E-state index < -0.39 is 6.03 Å². The summed E-state index contributed by atoms with van der Waals surface area (Å²) in [4.78, 5) is 14.3. The van der Waals surface area contributed by atoms with Gasteiger partial charge in [-0.05, 0) is 6.92 Å². The number of hydrazone groups is 1. The maximum absolute atomic E-state index is 10.3. The van der Waals surface area contributed by atoms with Crippen LogP contribution in [-0.2, 0) is 6.54 Å². The van der Waals surface area contributed by atoms with Crippen LogP contribution in [0.3, 0.4) is 0 Å². The van der Waals surface area contributed by atoms with Gasteiger partial charge in [-0.1, -0.05) is 0 Å². The van der Waals surface area contributed by atoms with E-state index in [4.69, 9.17) is 5.73 Å². The summed E-state index contributed by atoms with van der Waals surface area (Å²) >= 11 is 0. The molecule has 70 valence electrons. The summed E-state index contributed by atoms with van der Waals surface area (Å²) in [5, 5.41) is 3.59. The molecule has 2 amide bonds. The van der Waals surface area contributed by atoms with Crippen LogP contribution in [0.5, 0.6) is 0 Å². The van der Waals surface area contributed by atoms with Crippen molar-refractivity contribution in [1.82, 2.24) is 15.0 Å². The molecule has 0 bridgehead atoms. The molecule has 3 N–H and O–H groups in total. The second-order valence-corrected chi connectivity index (χ2v) is 2.31. The molecule has 0 aliphatic heterocycles. The minimum atomic E-state index is -0.689. The zero-order valence-corrected chi connectivity index (χ0v) is 7.27. The van der Waals surface area contributed by atoms with E-state index in [-0.39, 0.29) is 0 Å². The molecule has 1 heterocycles. The summed E-state index contributed by atoms with van der Waals surface area (Å²) in [5.74, 6) is 0.677. The number of hydrogen-bond acceptors (Lipinski definition) is 3. The van der Waals surface area contributed by atoms with Gasteiger partial charge in [0.05, 0.1) is 6.21 Å². The summed E-state index contributed by atoms with van der Waals surface area (Å²) < 4.78 is 1.88. The van der Waals surface area contributed by atoms with E-state index in [1.807, 2.05) is 17.7 Å². The fourth-order valence-electron chi connectivity index (χ4n) is 0.869. The van der Waals surface area contributed by atoms with Crippen molar-refractivity contribution in [2.75, 3.05) is 0 Å². The Kier molecular flexibility index (Phi) is 3.02. The van der Waals surface area contributed by atoms with Gasteiger partial charge in [-0.25, -0.2) is 15.2 Å². The minimum absolute atomic E-state index is 0.677. The number of nitrogens with two attached hydrogens (primary N) is 1. The number of nitrogens with one attached hydrogen (secondary N) is 1. The first-order valence-corrected chi connectivity index (χ1v) is 3.83. The number of rotatable bonds is 3. The predicted octanol–water partition coefficient (Wildman–Crippen LogP) is -0.0948. The fourth-order valence-corrected chi connectivity index (χ4v) is 0.869. The summed E-state index contributed by atoms with van der Waals surface area (Å²) in [5.41, 5.74) is 6.90. The van der Waals surface area contributed by atoms with Gasteiger partial charge in [-0.15, -0.1) is 0 Å². The maximum Gasteiger partial charge on any atom is 0.332 e. The lowest BCUT2D eigenvalue weighted by molar-refractivity contribution is 0.249. The second-order valence-electron chi connectivity index (χ2n) is 2.31. The lowest BCUT2D eigenvalue weighted by Crippen LogP contribution is -2.24. The number of aryl methyl sites for hydroxylation is 1. The van der Waals surface area contributed by atoms with Gasteiger partial charge in [0.15, 0.2) is 5.82 Å². The summed E-state index contributed by atoms with van der Waals surface area (Å²) in [6, 6.07) is -0.689. The first kappa shape index (κ1) is 9.24. The van der Waals surface area contributed by atoms with Gasteiger partial charge < -0.3 is 10.3 Å². The van der Waals surface area contributed by atoms with E-state index in [1.54, 1.807) is 6.20 Å². The van der Waals surface area contributed by atoms with Gasteiger partial charge in [0.1, 0.15) is 0 Å². The molecule has 0 saturated carbocycles. The van der Waals surface area contributed by atoms with Crippen molar-refractivity contribution >= 4 is 12.2 Å². The van der Waals surface area contributed by atoms with Crippen LogP contribution in [0, 0.1) is 0 Å². The Balaban J connectivity index is 2.62. The van der Waals surface area contributed by atoms with Gasteiger partial charge in [0, 0.05) is 18.9 Å². The molecule has 1 aromatic rings. The largest absolute Gasteiger partial charge is 0.350 e. The molecule has 0 aliphatic rings. The summed E-state index contributed by atoms with van der Waals surface area (Å²) in [6.45, 7) is 2.79. The number of carbonyl (C=O) groups excluding carboxylic acids is 1. The number of aromatic nitrogens is 2. The van der Waals surface area contributed by atoms with E-state index in [1.165, 1.54) is 6.21 Å². The molecule has 0 fully saturated rings. The highest BCUT2D eigenvalue weighted by Crippen LogP contribution is 1.92. The van der Waals surface area contributed by atoms with Crippen molar-refractivity contribution in [3.8, 4) is 0 Å². The number of primary amides is 1. The quantitative estimate of drug-likeness (QED) is 0.504. The first-order valence-electron chi connectivity index (χ1n) is 3.83. The van der Waals surface area contributed by atoms with Crippen molar-refractivity contribution in [3.05, 3.63) is 18.2 Å². The molecule has 0 atom stereocenters. The third-order valence-electron chi connectivity index (χ3n) is 1.44. The molecule has 0 aromatic carbocycles. The first-order chi connectivity index (χ1) is 6.24. The number of imidazole rings is 1. The molecular weight excluding hydrogens is 170 g/mol. The lowest BCUT2D eigenvalue weighted by atomic mass is 10.6. The van der Waals surface area contributed by atoms with Crippen LogP contribution in [0.4, 0.5) is 4.79 Å². The molecule has 0 aliphatic carbocycles. The van der Waals surface area contributed by atoms with Crippen LogP contribution in [0.1, 0.15) is 12.7 Å². The van der Waals surface area contributed by atoms with Crippen LogP contribution in [0.2, 0.25) is 0 Å². The molecule has 1 rings (SSSR count). The minimum Gasteiger partial charge on any atom is -0.350 e. The van der Waals surface area contributed by atoms with Crippen LogP contribution in [0.25, 0.3) is 0 Å². The predicted molar refractivity (Wildman–Crippen MR) is 48.2 cm³/mol. The Bertz CT molecular complexity index is 316. The van der Waals surface area contributed by atoms with Crippen molar-refractivity contribution in [2.45, 2.75) is 13.5 Å². The highest BCUT2D eigenvalue weighted by Gasteiger charge is 1.95. The molecule has 0 spiro atoms. The summed E-state index contributed by atoms with van der Waals surface area (Å²) in [7, 11) is 0. The van der Waals surface area contributed by atoms with E-state index in [0.29, 0.717) is 5.82 Å².